The third kappa shape index (κ3) is 21.8. The third-order valence-corrected chi connectivity index (χ3v) is 7.21. The maximum absolute atomic E-state index is 12.8. The van der Waals surface area contributed by atoms with Crippen LogP contribution in [0.1, 0.15) is 114 Å². The minimum Gasteiger partial charge on any atom is -0.461 e. The molecule has 0 aliphatic carbocycles. The number of benzene rings is 1. The number of esters is 2. The second-order valence-electron chi connectivity index (χ2n) is 17.1. The van der Waals surface area contributed by atoms with Crippen molar-refractivity contribution in [3.05, 3.63) is 35.9 Å². The van der Waals surface area contributed by atoms with Gasteiger partial charge in [-0.25, -0.2) is 0 Å². The minimum atomic E-state index is -0.518. The van der Waals surface area contributed by atoms with Crippen LogP contribution in [-0.2, 0) is 44.7 Å². The summed E-state index contributed by atoms with van der Waals surface area (Å²) in [6.45, 7) is 24.3. The van der Waals surface area contributed by atoms with E-state index in [0.29, 0.717) is 52.4 Å². The first kappa shape index (κ1) is 43.0. The minimum absolute atomic E-state index is 0.0580. The fourth-order valence-electron chi connectivity index (χ4n) is 4.64. The lowest BCUT2D eigenvalue weighted by Gasteiger charge is -2.31. The first-order chi connectivity index (χ1) is 22.0. The van der Waals surface area contributed by atoms with Gasteiger partial charge in [0.15, 0.2) is 0 Å². The Hall–Kier alpha value is -2.98. The van der Waals surface area contributed by atoms with Crippen molar-refractivity contribution in [1.29, 1.82) is 0 Å². The first-order valence-corrected chi connectivity index (χ1v) is 17.1. The van der Waals surface area contributed by atoms with Crippen LogP contribution in [0.25, 0.3) is 0 Å². The van der Waals surface area contributed by atoms with Crippen molar-refractivity contribution < 1.29 is 38.1 Å². The zero-order chi connectivity index (χ0) is 36.7. The highest BCUT2D eigenvalue weighted by Crippen LogP contribution is 2.26. The standard InChI is InChI=1S/C38H64N2O8/c1-34(2,3)48-33(44)21-36(6,7)26-46-28-38(10,11)24-40-31(42)20-35(4,5)25-45-27-37(8,9)23-39-30(41)18-15-19-32(43)47-22-29-16-13-12-14-17-29/h12-14,16-17H,15,18-28H2,1-11H3,(H,39,41)(H,40,42). The van der Waals surface area contributed by atoms with E-state index >= 15 is 0 Å². The fourth-order valence-corrected chi connectivity index (χ4v) is 4.64. The molecule has 274 valence electrons. The molecule has 0 radical (unpaired) electrons. The molecule has 0 fully saturated rings. The number of amides is 2. The molecule has 2 N–H and O–H groups in total. The number of nitrogens with one attached hydrogen (secondary N) is 2. The molecule has 0 heterocycles. The molecular formula is C38H64N2O8. The number of hydrogen-bond donors (Lipinski definition) is 2. The molecule has 1 aromatic carbocycles. The second-order valence-corrected chi connectivity index (χ2v) is 17.1. The molecule has 10 heteroatoms. The Morgan fingerprint density at radius 2 is 1.06 bits per heavy atom. The van der Waals surface area contributed by atoms with E-state index < -0.39 is 5.60 Å². The predicted molar refractivity (Wildman–Crippen MR) is 188 cm³/mol. The third-order valence-electron chi connectivity index (χ3n) is 7.21. The average Bonchev–Trinajstić information content (AvgIpc) is 2.92. The van der Waals surface area contributed by atoms with Gasteiger partial charge in [-0.05, 0) is 43.6 Å². The Morgan fingerprint density at radius 3 is 1.58 bits per heavy atom. The second kappa shape index (κ2) is 19.3. The van der Waals surface area contributed by atoms with Gasteiger partial charge in [0.05, 0.1) is 32.8 Å². The van der Waals surface area contributed by atoms with Gasteiger partial charge in [-0.1, -0.05) is 85.7 Å². The molecule has 0 aliphatic heterocycles. The van der Waals surface area contributed by atoms with E-state index in [0.717, 1.165) is 5.56 Å². The summed E-state index contributed by atoms with van der Waals surface area (Å²) in [4.78, 5) is 49.4. The summed E-state index contributed by atoms with van der Waals surface area (Å²) in [5.41, 5.74) is -0.949. The zero-order valence-electron chi connectivity index (χ0n) is 31.6. The van der Waals surface area contributed by atoms with Gasteiger partial charge in [0.2, 0.25) is 11.8 Å². The largest absolute Gasteiger partial charge is 0.461 e. The van der Waals surface area contributed by atoms with Crippen molar-refractivity contribution in [2.75, 3.05) is 39.5 Å². The van der Waals surface area contributed by atoms with E-state index in [1.165, 1.54) is 0 Å². The van der Waals surface area contributed by atoms with Crippen LogP contribution in [0.3, 0.4) is 0 Å². The lowest BCUT2D eigenvalue weighted by Crippen LogP contribution is -2.40. The van der Waals surface area contributed by atoms with Gasteiger partial charge in [0.25, 0.3) is 0 Å². The fraction of sp³-hybridized carbons (Fsp3) is 0.737. The summed E-state index contributed by atoms with van der Waals surface area (Å²) in [5.74, 6) is -0.736. The first-order valence-electron chi connectivity index (χ1n) is 17.1. The van der Waals surface area contributed by atoms with E-state index in [-0.39, 0.29) is 71.3 Å². The van der Waals surface area contributed by atoms with Crippen LogP contribution in [0.15, 0.2) is 30.3 Å². The van der Waals surface area contributed by atoms with Crippen LogP contribution in [0.4, 0.5) is 0 Å². The summed E-state index contributed by atoms with van der Waals surface area (Å²) < 4.78 is 22.7. The Morgan fingerprint density at radius 1 is 0.583 bits per heavy atom. The van der Waals surface area contributed by atoms with E-state index in [9.17, 15) is 19.2 Å². The van der Waals surface area contributed by atoms with E-state index in [1.807, 2.05) is 106 Å². The normalized spacial score (nSPS) is 12.7. The van der Waals surface area contributed by atoms with Crippen LogP contribution in [0.5, 0.6) is 0 Å². The molecule has 10 nitrogen and oxygen atoms in total. The van der Waals surface area contributed by atoms with Crippen LogP contribution < -0.4 is 10.6 Å². The maximum Gasteiger partial charge on any atom is 0.306 e. The van der Waals surface area contributed by atoms with Gasteiger partial charge in [-0.2, -0.15) is 0 Å². The van der Waals surface area contributed by atoms with Crippen molar-refractivity contribution in [1.82, 2.24) is 10.6 Å². The summed E-state index contributed by atoms with van der Waals surface area (Å²) in [5, 5.41) is 5.98. The Kier molecular flexibility index (Phi) is 17.3. The Labute approximate surface area is 289 Å². The average molecular weight is 677 g/mol. The highest BCUT2D eigenvalue weighted by Gasteiger charge is 2.29. The monoisotopic (exact) mass is 676 g/mol. The number of ether oxygens (including phenoxy) is 4. The van der Waals surface area contributed by atoms with Crippen molar-refractivity contribution in [2.24, 2.45) is 21.7 Å². The summed E-state index contributed by atoms with van der Waals surface area (Å²) >= 11 is 0. The molecule has 0 aromatic heterocycles. The van der Waals surface area contributed by atoms with Crippen LogP contribution in [0, 0.1) is 21.7 Å². The molecule has 0 spiro atoms. The van der Waals surface area contributed by atoms with Gasteiger partial charge >= 0.3 is 11.9 Å². The van der Waals surface area contributed by atoms with Crippen molar-refractivity contribution in [3.8, 4) is 0 Å². The van der Waals surface area contributed by atoms with Crippen LogP contribution in [-0.4, -0.2) is 68.9 Å². The zero-order valence-corrected chi connectivity index (χ0v) is 31.6. The van der Waals surface area contributed by atoms with Gasteiger partial charge in [0, 0.05) is 43.2 Å². The summed E-state index contributed by atoms with van der Waals surface area (Å²) in [7, 11) is 0. The lowest BCUT2D eigenvalue weighted by molar-refractivity contribution is -0.158. The molecule has 0 saturated heterocycles. The maximum atomic E-state index is 12.8. The van der Waals surface area contributed by atoms with E-state index in [2.05, 4.69) is 10.6 Å². The van der Waals surface area contributed by atoms with Crippen molar-refractivity contribution >= 4 is 23.8 Å². The molecule has 1 rings (SSSR count). The summed E-state index contributed by atoms with van der Waals surface area (Å²) in [6.07, 6.45) is 1.42. The molecule has 0 saturated carbocycles. The highest BCUT2D eigenvalue weighted by atomic mass is 16.6. The smallest absolute Gasteiger partial charge is 0.306 e. The molecule has 0 unspecified atom stereocenters. The van der Waals surface area contributed by atoms with Gasteiger partial charge in [-0.3, -0.25) is 19.2 Å². The van der Waals surface area contributed by atoms with E-state index in [1.54, 1.807) is 0 Å². The van der Waals surface area contributed by atoms with Crippen LogP contribution >= 0.6 is 0 Å². The predicted octanol–water partition coefficient (Wildman–Crippen LogP) is 6.39. The Balaban J connectivity index is 2.29. The molecule has 1 aromatic rings. The number of hydrogen-bond acceptors (Lipinski definition) is 8. The highest BCUT2D eigenvalue weighted by molar-refractivity contribution is 5.77. The van der Waals surface area contributed by atoms with Crippen molar-refractivity contribution in [2.45, 2.75) is 120 Å². The quantitative estimate of drug-likeness (QED) is 0.135. The lowest BCUT2D eigenvalue weighted by atomic mass is 9.88. The summed E-state index contributed by atoms with van der Waals surface area (Å²) in [6, 6.07) is 9.48. The number of carbonyl (C=O) groups excluding carboxylic acids is 4. The topological polar surface area (TPSA) is 129 Å². The SMILES string of the molecule is CC(C)(CNC(=O)CCCC(=O)OCc1ccccc1)COCC(C)(C)CC(=O)NCC(C)(C)COCC(C)(C)CC(=O)OC(C)(C)C. The molecule has 2 amide bonds. The van der Waals surface area contributed by atoms with Gasteiger partial charge < -0.3 is 29.6 Å². The molecule has 48 heavy (non-hydrogen) atoms. The molecule has 0 aliphatic rings. The number of rotatable bonds is 22. The van der Waals surface area contributed by atoms with Crippen LogP contribution in [0.2, 0.25) is 0 Å². The van der Waals surface area contributed by atoms with Crippen molar-refractivity contribution in [3.63, 3.8) is 0 Å². The Bertz CT molecular complexity index is 1150. The van der Waals surface area contributed by atoms with Gasteiger partial charge in [-0.15, -0.1) is 0 Å². The molecule has 0 bridgehead atoms. The number of carbonyl (C=O) groups is 4. The molecule has 0 atom stereocenters. The van der Waals surface area contributed by atoms with Gasteiger partial charge in [0.1, 0.15) is 12.2 Å². The molecular weight excluding hydrogens is 612 g/mol. The van der Waals surface area contributed by atoms with E-state index in [4.69, 9.17) is 18.9 Å².